The van der Waals surface area contributed by atoms with Crippen molar-refractivity contribution in [3.05, 3.63) is 70.2 Å². The summed E-state index contributed by atoms with van der Waals surface area (Å²) in [6, 6.07) is 15.8. The molecule has 0 saturated carbocycles. The maximum atomic E-state index is 10.2. The van der Waals surface area contributed by atoms with Crippen molar-refractivity contribution in [2.24, 2.45) is 0 Å². The van der Waals surface area contributed by atoms with Gasteiger partial charge in [0, 0.05) is 11.4 Å². The summed E-state index contributed by atoms with van der Waals surface area (Å²) < 4.78 is 0. The average molecular weight is 275 g/mol. The standard InChI is InChI=1S/C17H19ClO/c1-12(2)14-8-6-13(7-9-14)10-17(19)15-4-3-5-16(18)11-15/h3-9,11-12,17,19H,10H2,1-2H3. The molecule has 0 amide bonds. The summed E-state index contributed by atoms with van der Waals surface area (Å²) in [5.41, 5.74) is 3.32. The quantitative estimate of drug-likeness (QED) is 0.854. The van der Waals surface area contributed by atoms with Gasteiger partial charge in [-0.05, 0) is 34.7 Å². The molecule has 0 radical (unpaired) electrons. The van der Waals surface area contributed by atoms with Crippen LogP contribution in [-0.2, 0) is 6.42 Å². The van der Waals surface area contributed by atoms with Gasteiger partial charge in [-0.25, -0.2) is 0 Å². The maximum absolute atomic E-state index is 10.2. The fourth-order valence-corrected chi connectivity index (χ4v) is 2.29. The van der Waals surface area contributed by atoms with E-state index in [0.29, 0.717) is 17.4 Å². The van der Waals surface area contributed by atoms with Crippen molar-refractivity contribution in [2.75, 3.05) is 0 Å². The van der Waals surface area contributed by atoms with Crippen LogP contribution in [0.15, 0.2) is 48.5 Å². The van der Waals surface area contributed by atoms with Gasteiger partial charge in [-0.2, -0.15) is 0 Å². The van der Waals surface area contributed by atoms with Crippen molar-refractivity contribution in [1.29, 1.82) is 0 Å². The monoisotopic (exact) mass is 274 g/mol. The number of benzene rings is 2. The molecule has 19 heavy (non-hydrogen) atoms. The Morgan fingerprint density at radius 2 is 1.68 bits per heavy atom. The van der Waals surface area contributed by atoms with Crippen molar-refractivity contribution in [1.82, 2.24) is 0 Å². The molecule has 0 aliphatic rings. The van der Waals surface area contributed by atoms with Gasteiger partial charge < -0.3 is 5.11 Å². The van der Waals surface area contributed by atoms with E-state index in [-0.39, 0.29) is 0 Å². The fraction of sp³-hybridized carbons (Fsp3) is 0.294. The SMILES string of the molecule is CC(C)c1ccc(CC(O)c2cccc(Cl)c2)cc1. The lowest BCUT2D eigenvalue weighted by molar-refractivity contribution is 0.178. The molecule has 2 aromatic rings. The van der Waals surface area contributed by atoms with Crippen LogP contribution in [0.5, 0.6) is 0 Å². The minimum atomic E-state index is -0.511. The Bertz CT molecular complexity index is 531. The highest BCUT2D eigenvalue weighted by molar-refractivity contribution is 6.30. The first-order valence-corrected chi connectivity index (χ1v) is 6.96. The van der Waals surface area contributed by atoms with Gasteiger partial charge in [-0.1, -0.05) is 61.8 Å². The van der Waals surface area contributed by atoms with Gasteiger partial charge in [-0.3, -0.25) is 0 Å². The van der Waals surface area contributed by atoms with E-state index in [4.69, 9.17) is 11.6 Å². The van der Waals surface area contributed by atoms with E-state index < -0.39 is 6.10 Å². The van der Waals surface area contributed by atoms with E-state index >= 15 is 0 Å². The molecular formula is C17H19ClO. The van der Waals surface area contributed by atoms with Crippen LogP contribution in [-0.4, -0.2) is 5.11 Å². The molecule has 0 aliphatic heterocycles. The van der Waals surface area contributed by atoms with Gasteiger partial charge in [0.15, 0.2) is 0 Å². The molecule has 0 bridgehead atoms. The lowest BCUT2D eigenvalue weighted by Gasteiger charge is -2.12. The van der Waals surface area contributed by atoms with Gasteiger partial charge >= 0.3 is 0 Å². The first kappa shape index (κ1) is 14.1. The van der Waals surface area contributed by atoms with Crippen LogP contribution in [0.25, 0.3) is 0 Å². The average Bonchev–Trinajstić information content (AvgIpc) is 2.39. The van der Waals surface area contributed by atoms with Crippen LogP contribution in [0.1, 0.15) is 42.6 Å². The number of aliphatic hydroxyl groups is 1. The number of rotatable bonds is 4. The van der Waals surface area contributed by atoms with E-state index in [9.17, 15) is 5.11 Å². The second-order valence-electron chi connectivity index (χ2n) is 5.17. The summed E-state index contributed by atoms with van der Waals surface area (Å²) in [7, 11) is 0. The summed E-state index contributed by atoms with van der Waals surface area (Å²) in [6.45, 7) is 4.35. The van der Waals surface area contributed by atoms with Gasteiger partial charge in [0.2, 0.25) is 0 Å². The summed E-state index contributed by atoms with van der Waals surface area (Å²) in [4.78, 5) is 0. The largest absolute Gasteiger partial charge is 0.388 e. The van der Waals surface area contributed by atoms with Gasteiger partial charge in [0.1, 0.15) is 0 Å². The molecule has 0 aliphatic carbocycles. The normalized spacial score (nSPS) is 12.7. The van der Waals surface area contributed by atoms with E-state index in [0.717, 1.165) is 11.1 Å². The molecule has 2 heteroatoms. The van der Waals surface area contributed by atoms with E-state index in [1.54, 1.807) is 0 Å². The smallest absolute Gasteiger partial charge is 0.0830 e. The number of aliphatic hydroxyl groups excluding tert-OH is 1. The Kier molecular flexibility index (Phi) is 4.62. The van der Waals surface area contributed by atoms with Crippen LogP contribution in [0.2, 0.25) is 5.02 Å². The topological polar surface area (TPSA) is 20.2 Å². The van der Waals surface area contributed by atoms with E-state index in [1.165, 1.54) is 5.56 Å². The van der Waals surface area contributed by atoms with E-state index in [2.05, 4.69) is 38.1 Å². The fourth-order valence-electron chi connectivity index (χ4n) is 2.09. The van der Waals surface area contributed by atoms with Gasteiger partial charge in [-0.15, -0.1) is 0 Å². The van der Waals surface area contributed by atoms with Crippen molar-refractivity contribution in [3.8, 4) is 0 Å². The molecule has 100 valence electrons. The molecule has 0 fully saturated rings. The third-order valence-corrected chi connectivity index (χ3v) is 3.54. The van der Waals surface area contributed by atoms with Gasteiger partial charge in [0.05, 0.1) is 6.10 Å². The summed E-state index contributed by atoms with van der Waals surface area (Å²) >= 11 is 5.94. The molecule has 0 spiro atoms. The van der Waals surface area contributed by atoms with Crippen LogP contribution in [0.4, 0.5) is 0 Å². The lowest BCUT2D eigenvalue weighted by Crippen LogP contribution is -2.02. The Balaban J connectivity index is 2.08. The maximum Gasteiger partial charge on any atom is 0.0830 e. The van der Waals surface area contributed by atoms with Crippen LogP contribution in [0.3, 0.4) is 0 Å². The third kappa shape index (κ3) is 3.82. The molecule has 1 nitrogen and oxygen atoms in total. The highest BCUT2D eigenvalue weighted by atomic mass is 35.5. The molecule has 0 aromatic heterocycles. The Labute approximate surface area is 119 Å². The van der Waals surface area contributed by atoms with Crippen LogP contribution in [0, 0.1) is 0 Å². The molecular weight excluding hydrogens is 256 g/mol. The molecule has 2 aromatic carbocycles. The third-order valence-electron chi connectivity index (χ3n) is 3.31. The first-order chi connectivity index (χ1) is 9.06. The van der Waals surface area contributed by atoms with Crippen molar-refractivity contribution >= 4 is 11.6 Å². The number of halogens is 1. The van der Waals surface area contributed by atoms with Crippen molar-refractivity contribution in [3.63, 3.8) is 0 Å². The zero-order chi connectivity index (χ0) is 13.8. The van der Waals surface area contributed by atoms with Crippen molar-refractivity contribution in [2.45, 2.75) is 32.3 Å². The summed E-state index contributed by atoms with van der Waals surface area (Å²) in [5, 5.41) is 10.9. The minimum Gasteiger partial charge on any atom is -0.388 e. The summed E-state index contributed by atoms with van der Waals surface area (Å²) in [6.07, 6.45) is 0.0993. The highest BCUT2D eigenvalue weighted by Gasteiger charge is 2.09. The minimum absolute atomic E-state index is 0.511. The predicted octanol–water partition coefficient (Wildman–Crippen LogP) is 4.74. The number of hydrogen-bond donors (Lipinski definition) is 1. The zero-order valence-corrected chi connectivity index (χ0v) is 12.1. The Morgan fingerprint density at radius 3 is 2.26 bits per heavy atom. The van der Waals surface area contributed by atoms with Crippen LogP contribution >= 0.6 is 11.6 Å². The van der Waals surface area contributed by atoms with Gasteiger partial charge in [0.25, 0.3) is 0 Å². The first-order valence-electron chi connectivity index (χ1n) is 6.58. The second-order valence-corrected chi connectivity index (χ2v) is 5.61. The van der Waals surface area contributed by atoms with E-state index in [1.807, 2.05) is 24.3 Å². The zero-order valence-electron chi connectivity index (χ0n) is 11.3. The molecule has 1 N–H and O–H groups in total. The number of hydrogen-bond acceptors (Lipinski definition) is 1. The Hall–Kier alpha value is -1.31. The molecule has 0 heterocycles. The van der Waals surface area contributed by atoms with Crippen molar-refractivity contribution < 1.29 is 5.11 Å². The molecule has 2 rings (SSSR count). The Morgan fingerprint density at radius 1 is 1.00 bits per heavy atom. The lowest BCUT2D eigenvalue weighted by atomic mass is 9.97. The van der Waals surface area contributed by atoms with Crippen LogP contribution < -0.4 is 0 Å². The molecule has 1 unspecified atom stereocenters. The second kappa shape index (κ2) is 6.23. The molecule has 0 saturated heterocycles. The summed E-state index contributed by atoms with van der Waals surface area (Å²) in [5.74, 6) is 0.534. The highest BCUT2D eigenvalue weighted by Crippen LogP contribution is 2.22. The molecule has 1 atom stereocenters. The predicted molar refractivity (Wildman–Crippen MR) is 80.6 cm³/mol.